The largest absolute Gasteiger partial charge is 0.383 e. The fourth-order valence-corrected chi connectivity index (χ4v) is 2.49. The maximum Gasteiger partial charge on any atom is 0.251 e. The summed E-state index contributed by atoms with van der Waals surface area (Å²) in [6.45, 7) is 0.457. The Morgan fingerprint density at radius 3 is 2.76 bits per heavy atom. The highest BCUT2D eigenvalue weighted by Gasteiger charge is 2.13. The minimum Gasteiger partial charge on any atom is -0.383 e. The summed E-state index contributed by atoms with van der Waals surface area (Å²) in [7, 11) is 1.60. The molecule has 0 radical (unpaired) electrons. The quantitative estimate of drug-likeness (QED) is 0.791. The van der Waals surface area contributed by atoms with Crippen molar-refractivity contribution in [2.75, 3.05) is 19.0 Å². The molecule has 1 atom stereocenters. The van der Waals surface area contributed by atoms with Crippen molar-refractivity contribution in [1.82, 2.24) is 5.32 Å². The van der Waals surface area contributed by atoms with Gasteiger partial charge in [0.25, 0.3) is 5.91 Å². The fourth-order valence-electron chi connectivity index (χ4n) is 1.28. The van der Waals surface area contributed by atoms with Gasteiger partial charge in [-0.15, -0.1) is 0 Å². The van der Waals surface area contributed by atoms with Gasteiger partial charge in [0.05, 0.1) is 12.6 Å². The van der Waals surface area contributed by atoms with E-state index in [4.69, 9.17) is 16.3 Å². The molecule has 1 aromatic carbocycles. The second-order valence-electron chi connectivity index (χ2n) is 3.44. The fraction of sp³-hybridized carbons (Fsp3) is 0.364. The van der Waals surface area contributed by atoms with Crippen LogP contribution in [0.2, 0.25) is 5.02 Å². The average molecular weight is 385 g/mol. The molecule has 6 heteroatoms. The summed E-state index contributed by atoms with van der Waals surface area (Å²) in [5.74, 6) is -0.172. The molecule has 0 aliphatic heterocycles. The average Bonchev–Trinajstić information content (AvgIpc) is 2.27. The second kappa shape index (κ2) is 7.36. The summed E-state index contributed by atoms with van der Waals surface area (Å²) in [5, 5.41) is 4.00. The monoisotopic (exact) mass is 383 g/mol. The van der Waals surface area contributed by atoms with Gasteiger partial charge < -0.3 is 10.1 Å². The molecular weight excluding hydrogens is 373 g/mol. The van der Waals surface area contributed by atoms with Crippen molar-refractivity contribution in [2.24, 2.45) is 0 Å². The second-order valence-corrected chi connectivity index (χ2v) is 5.44. The smallest absolute Gasteiger partial charge is 0.251 e. The third-order valence-electron chi connectivity index (χ3n) is 2.01. The molecule has 1 aromatic rings. The van der Waals surface area contributed by atoms with Gasteiger partial charge in [-0.25, -0.2) is 0 Å². The number of methoxy groups -OCH3 is 1. The third-order valence-corrected chi connectivity index (χ3v) is 3.47. The lowest BCUT2D eigenvalue weighted by atomic mass is 10.2. The molecule has 0 heterocycles. The van der Waals surface area contributed by atoms with Gasteiger partial charge in [0.2, 0.25) is 0 Å². The maximum atomic E-state index is 11.9. The van der Waals surface area contributed by atoms with Crippen molar-refractivity contribution < 1.29 is 9.53 Å². The minimum atomic E-state index is -0.172. The van der Waals surface area contributed by atoms with Crippen LogP contribution < -0.4 is 5.32 Å². The van der Waals surface area contributed by atoms with Gasteiger partial charge >= 0.3 is 0 Å². The summed E-state index contributed by atoms with van der Waals surface area (Å²) in [5.41, 5.74) is 0.520. The van der Waals surface area contributed by atoms with Gasteiger partial charge in [-0.3, -0.25) is 4.79 Å². The number of carbonyl (C=O) groups is 1. The first-order chi connectivity index (χ1) is 8.06. The summed E-state index contributed by atoms with van der Waals surface area (Å²) < 4.78 is 5.77. The van der Waals surface area contributed by atoms with Gasteiger partial charge in [-0.05, 0) is 18.2 Å². The van der Waals surface area contributed by atoms with E-state index in [1.165, 1.54) is 0 Å². The lowest BCUT2D eigenvalue weighted by Gasteiger charge is -2.15. The van der Waals surface area contributed by atoms with E-state index in [0.717, 1.165) is 4.47 Å². The summed E-state index contributed by atoms with van der Waals surface area (Å²) in [6, 6.07) is 5.01. The Kier molecular flexibility index (Phi) is 6.48. The minimum absolute atomic E-state index is 0.0646. The van der Waals surface area contributed by atoms with Crippen molar-refractivity contribution in [3.63, 3.8) is 0 Å². The standard InChI is InChI=1S/C11H12Br2ClNO2/c1-17-6-10(5-12)15-11(16)7-2-8(13)4-9(14)3-7/h2-4,10H,5-6H2,1H3,(H,15,16). The van der Waals surface area contributed by atoms with Crippen LogP contribution in [0.4, 0.5) is 0 Å². The molecule has 0 bridgehead atoms. The molecule has 0 aliphatic carbocycles. The molecule has 17 heavy (non-hydrogen) atoms. The number of ether oxygens (including phenoxy) is 1. The Morgan fingerprint density at radius 1 is 1.53 bits per heavy atom. The van der Waals surface area contributed by atoms with E-state index in [2.05, 4.69) is 37.2 Å². The van der Waals surface area contributed by atoms with Crippen molar-refractivity contribution >= 4 is 49.4 Å². The lowest BCUT2D eigenvalue weighted by molar-refractivity contribution is 0.0908. The van der Waals surface area contributed by atoms with E-state index in [1.807, 2.05) is 0 Å². The van der Waals surface area contributed by atoms with Gasteiger partial charge in [0, 0.05) is 27.5 Å². The number of halogens is 3. The molecule has 1 rings (SSSR count). The number of alkyl halides is 1. The number of hydrogen-bond acceptors (Lipinski definition) is 2. The van der Waals surface area contributed by atoms with Crippen LogP contribution in [-0.4, -0.2) is 31.0 Å². The van der Waals surface area contributed by atoms with E-state index in [0.29, 0.717) is 22.5 Å². The molecular formula is C11H12Br2ClNO2. The predicted molar refractivity (Wildman–Crippen MR) is 76.1 cm³/mol. The van der Waals surface area contributed by atoms with Gasteiger partial charge in [-0.2, -0.15) is 0 Å². The molecule has 1 unspecified atom stereocenters. The van der Waals surface area contributed by atoms with Crippen LogP contribution >= 0.6 is 43.5 Å². The normalized spacial score (nSPS) is 12.2. The third kappa shape index (κ3) is 4.95. The van der Waals surface area contributed by atoms with Crippen LogP contribution in [0.1, 0.15) is 10.4 Å². The van der Waals surface area contributed by atoms with E-state index >= 15 is 0 Å². The molecule has 0 saturated heterocycles. The SMILES string of the molecule is COCC(CBr)NC(=O)c1cc(Cl)cc(Br)c1. The van der Waals surface area contributed by atoms with Crippen LogP contribution in [-0.2, 0) is 4.74 Å². The van der Waals surface area contributed by atoms with E-state index in [-0.39, 0.29) is 11.9 Å². The lowest BCUT2D eigenvalue weighted by Crippen LogP contribution is -2.39. The molecule has 0 aromatic heterocycles. The first-order valence-electron chi connectivity index (χ1n) is 4.88. The van der Waals surface area contributed by atoms with E-state index in [1.54, 1.807) is 25.3 Å². The summed E-state index contributed by atoms with van der Waals surface area (Å²) in [6.07, 6.45) is 0. The van der Waals surface area contributed by atoms with Gasteiger partial charge in [-0.1, -0.05) is 43.5 Å². The molecule has 1 amide bonds. The van der Waals surface area contributed by atoms with E-state index in [9.17, 15) is 4.79 Å². The highest BCUT2D eigenvalue weighted by Crippen LogP contribution is 2.19. The Bertz CT molecular complexity index is 381. The zero-order chi connectivity index (χ0) is 12.8. The maximum absolute atomic E-state index is 11.9. The van der Waals surface area contributed by atoms with Crippen molar-refractivity contribution in [3.8, 4) is 0 Å². The molecule has 94 valence electrons. The van der Waals surface area contributed by atoms with Crippen molar-refractivity contribution in [2.45, 2.75) is 6.04 Å². The number of carbonyl (C=O) groups excluding carboxylic acids is 1. The number of rotatable bonds is 5. The number of amides is 1. The Balaban J connectivity index is 2.75. The highest BCUT2D eigenvalue weighted by atomic mass is 79.9. The Labute approximate surface area is 122 Å². The highest BCUT2D eigenvalue weighted by molar-refractivity contribution is 9.10. The number of hydrogen-bond donors (Lipinski definition) is 1. The summed E-state index contributed by atoms with van der Waals surface area (Å²) in [4.78, 5) is 11.9. The van der Waals surface area contributed by atoms with Crippen LogP contribution in [0.3, 0.4) is 0 Å². The number of nitrogens with one attached hydrogen (secondary N) is 1. The molecule has 0 aliphatic rings. The molecule has 3 nitrogen and oxygen atoms in total. The first-order valence-corrected chi connectivity index (χ1v) is 7.18. The summed E-state index contributed by atoms with van der Waals surface area (Å²) >= 11 is 12.5. The zero-order valence-corrected chi connectivity index (χ0v) is 13.1. The van der Waals surface area contributed by atoms with Crippen LogP contribution in [0.5, 0.6) is 0 Å². The first kappa shape index (κ1) is 15.0. The van der Waals surface area contributed by atoms with E-state index < -0.39 is 0 Å². The van der Waals surface area contributed by atoms with Crippen LogP contribution in [0.25, 0.3) is 0 Å². The van der Waals surface area contributed by atoms with Crippen LogP contribution in [0.15, 0.2) is 22.7 Å². The van der Waals surface area contributed by atoms with Crippen molar-refractivity contribution in [3.05, 3.63) is 33.3 Å². The Morgan fingerprint density at radius 2 is 2.24 bits per heavy atom. The number of benzene rings is 1. The van der Waals surface area contributed by atoms with Crippen molar-refractivity contribution in [1.29, 1.82) is 0 Å². The van der Waals surface area contributed by atoms with Gasteiger partial charge in [0.15, 0.2) is 0 Å². The topological polar surface area (TPSA) is 38.3 Å². The van der Waals surface area contributed by atoms with Gasteiger partial charge in [0.1, 0.15) is 0 Å². The predicted octanol–water partition coefficient (Wildman–Crippen LogP) is 3.24. The molecule has 0 saturated carbocycles. The molecule has 1 N–H and O–H groups in total. The molecule has 0 spiro atoms. The Hall–Kier alpha value is -0.100. The van der Waals surface area contributed by atoms with Crippen LogP contribution in [0, 0.1) is 0 Å². The molecule has 0 fully saturated rings. The zero-order valence-electron chi connectivity index (χ0n) is 9.17.